The Morgan fingerprint density at radius 1 is 1.15 bits per heavy atom. The summed E-state index contributed by atoms with van der Waals surface area (Å²) in [6.07, 6.45) is 0. The zero-order valence-corrected chi connectivity index (χ0v) is 17.1. The van der Waals surface area contributed by atoms with Crippen LogP contribution in [0.25, 0.3) is 11.0 Å². The molecule has 0 aliphatic heterocycles. The molecule has 0 saturated heterocycles. The number of carbonyl (C=O) groups is 1. The standard InChI is InChI=1S/C22H25ClN2O2/c1-13-6-8-16(9-7-13)19(25(4)5)12-24-22(26)21-15(3)17-11-18(23)14(2)10-20(17)27-21/h6-11,19H,12H2,1-5H3,(H,24,26). The van der Waals surface area contributed by atoms with Crippen molar-refractivity contribution >= 4 is 28.5 Å². The number of nitrogens with one attached hydrogen (secondary N) is 1. The van der Waals surface area contributed by atoms with Gasteiger partial charge in [-0.2, -0.15) is 0 Å². The molecule has 4 nitrogen and oxygen atoms in total. The van der Waals surface area contributed by atoms with Gasteiger partial charge in [0.05, 0.1) is 6.04 Å². The zero-order valence-electron chi connectivity index (χ0n) is 16.4. The SMILES string of the molecule is Cc1ccc(C(CNC(=O)c2oc3cc(C)c(Cl)cc3c2C)N(C)C)cc1. The predicted molar refractivity (Wildman–Crippen MR) is 111 cm³/mol. The van der Waals surface area contributed by atoms with Gasteiger partial charge in [0, 0.05) is 22.5 Å². The number of benzene rings is 2. The lowest BCUT2D eigenvalue weighted by Gasteiger charge is -2.25. The van der Waals surface area contributed by atoms with Crippen molar-refractivity contribution in [2.24, 2.45) is 0 Å². The first kappa shape index (κ1) is 19.5. The molecule has 3 aromatic rings. The first-order valence-corrected chi connectivity index (χ1v) is 9.36. The van der Waals surface area contributed by atoms with Crippen LogP contribution in [0, 0.1) is 20.8 Å². The highest BCUT2D eigenvalue weighted by Crippen LogP contribution is 2.30. The number of amides is 1. The molecule has 1 unspecified atom stereocenters. The summed E-state index contributed by atoms with van der Waals surface area (Å²) < 4.78 is 5.83. The topological polar surface area (TPSA) is 45.5 Å². The second kappa shape index (κ2) is 7.75. The van der Waals surface area contributed by atoms with E-state index in [4.69, 9.17) is 16.0 Å². The van der Waals surface area contributed by atoms with Crippen LogP contribution >= 0.6 is 11.6 Å². The Morgan fingerprint density at radius 2 is 1.81 bits per heavy atom. The molecule has 1 aromatic heterocycles. The van der Waals surface area contributed by atoms with Crippen molar-refractivity contribution in [2.75, 3.05) is 20.6 Å². The van der Waals surface area contributed by atoms with E-state index in [1.165, 1.54) is 5.56 Å². The Balaban J connectivity index is 1.81. The smallest absolute Gasteiger partial charge is 0.287 e. The second-order valence-corrected chi connectivity index (χ2v) is 7.66. The average Bonchev–Trinajstić information content (AvgIpc) is 2.93. The fourth-order valence-corrected chi connectivity index (χ4v) is 3.38. The van der Waals surface area contributed by atoms with Crippen molar-refractivity contribution < 1.29 is 9.21 Å². The lowest BCUT2D eigenvalue weighted by Crippen LogP contribution is -2.34. The summed E-state index contributed by atoms with van der Waals surface area (Å²) in [6.45, 7) is 6.36. The minimum absolute atomic E-state index is 0.0796. The number of aryl methyl sites for hydroxylation is 3. The molecule has 1 heterocycles. The second-order valence-electron chi connectivity index (χ2n) is 7.25. The van der Waals surface area contributed by atoms with Gasteiger partial charge in [-0.25, -0.2) is 0 Å². The normalized spacial score (nSPS) is 12.6. The van der Waals surface area contributed by atoms with Gasteiger partial charge in [-0.15, -0.1) is 0 Å². The van der Waals surface area contributed by atoms with Crippen LogP contribution in [0.3, 0.4) is 0 Å². The first-order valence-electron chi connectivity index (χ1n) is 8.98. The number of fused-ring (bicyclic) bond motifs is 1. The third-order valence-corrected chi connectivity index (χ3v) is 5.37. The average molecular weight is 385 g/mol. The number of hydrogen-bond donors (Lipinski definition) is 1. The van der Waals surface area contributed by atoms with Gasteiger partial charge in [-0.3, -0.25) is 4.79 Å². The molecule has 0 saturated carbocycles. The zero-order chi connectivity index (χ0) is 19.7. The number of halogens is 1. The van der Waals surface area contributed by atoms with E-state index in [1.54, 1.807) is 0 Å². The summed E-state index contributed by atoms with van der Waals surface area (Å²) in [5.41, 5.74) is 4.79. The molecule has 0 fully saturated rings. The van der Waals surface area contributed by atoms with E-state index >= 15 is 0 Å². The van der Waals surface area contributed by atoms with Gasteiger partial charge in [0.2, 0.25) is 0 Å². The third kappa shape index (κ3) is 4.02. The number of furan rings is 1. The Morgan fingerprint density at radius 3 is 2.44 bits per heavy atom. The molecule has 27 heavy (non-hydrogen) atoms. The van der Waals surface area contributed by atoms with E-state index in [-0.39, 0.29) is 11.9 Å². The number of nitrogens with zero attached hydrogens (tertiary/aromatic N) is 1. The molecule has 3 rings (SSSR count). The number of rotatable bonds is 5. The Hall–Kier alpha value is -2.30. The maximum absolute atomic E-state index is 12.8. The lowest BCUT2D eigenvalue weighted by molar-refractivity contribution is 0.0915. The van der Waals surface area contributed by atoms with Gasteiger partial charge >= 0.3 is 0 Å². The van der Waals surface area contributed by atoms with Gasteiger partial charge < -0.3 is 14.6 Å². The molecule has 1 N–H and O–H groups in total. The summed E-state index contributed by atoms with van der Waals surface area (Å²) >= 11 is 6.22. The van der Waals surface area contributed by atoms with E-state index in [9.17, 15) is 4.79 Å². The maximum atomic E-state index is 12.8. The van der Waals surface area contributed by atoms with Crippen molar-refractivity contribution in [3.05, 3.63) is 69.4 Å². The van der Waals surface area contributed by atoms with E-state index in [1.807, 2.05) is 40.1 Å². The highest BCUT2D eigenvalue weighted by atomic mass is 35.5. The van der Waals surface area contributed by atoms with E-state index in [0.717, 1.165) is 22.1 Å². The fraction of sp³-hybridized carbons (Fsp3) is 0.318. The van der Waals surface area contributed by atoms with Gasteiger partial charge in [0.25, 0.3) is 5.91 Å². The predicted octanol–water partition coefficient (Wildman–Crippen LogP) is 5.04. The minimum Gasteiger partial charge on any atom is -0.451 e. The van der Waals surface area contributed by atoms with Crippen LogP contribution in [0.4, 0.5) is 0 Å². The van der Waals surface area contributed by atoms with Crippen molar-refractivity contribution in [2.45, 2.75) is 26.8 Å². The molecule has 0 aliphatic rings. The van der Waals surface area contributed by atoms with Crippen molar-refractivity contribution in [3.8, 4) is 0 Å². The summed E-state index contributed by atoms with van der Waals surface area (Å²) in [5.74, 6) is 0.129. The van der Waals surface area contributed by atoms with Crippen LogP contribution in [0.1, 0.15) is 38.9 Å². The minimum atomic E-state index is -0.212. The largest absolute Gasteiger partial charge is 0.451 e. The Labute approximate surface area is 165 Å². The summed E-state index contributed by atoms with van der Waals surface area (Å²) in [5, 5.41) is 4.56. The quantitative estimate of drug-likeness (QED) is 0.669. The van der Waals surface area contributed by atoms with Crippen molar-refractivity contribution in [1.29, 1.82) is 0 Å². The van der Waals surface area contributed by atoms with E-state index in [0.29, 0.717) is 22.9 Å². The van der Waals surface area contributed by atoms with Gasteiger partial charge in [0.1, 0.15) is 5.58 Å². The fourth-order valence-electron chi connectivity index (χ4n) is 3.21. The summed E-state index contributed by atoms with van der Waals surface area (Å²) in [7, 11) is 4.02. The monoisotopic (exact) mass is 384 g/mol. The summed E-state index contributed by atoms with van der Waals surface area (Å²) in [4.78, 5) is 14.9. The van der Waals surface area contributed by atoms with Crippen molar-refractivity contribution in [1.82, 2.24) is 10.2 Å². The van der Waals surface area contributed by atoms with Crippen molar-refractivity contribution in [3.63, 3.8) is 0 Å². The number of carbonyl (C=O) groups excluding carboxylic acids is 1. The number of likely N-dealkylation sites (N-methyl/N-ethyl adjacent to an activating group) is 1. The molecule has 0 aliphatic carbocycles. The molecule has 0 bridgehead atoms. The van der Waals surface area contributed by atoms with Crippen LogP contribution < -0.4 is 5.32 Å². The van der Waals surface area contributed by atoms with E-state index in [2.05, 4.69) is 41.4 Å². The van der Waals surface area contributed by atoms with Crippen LogP contribution in [-0.2, 0) is 0 Å². The molecule has 1 amide bonds. The molecular formula is C22H25ClN2O2. The highest BCUT2D eigenvalue weighted by Gasteiger charge is 2.21. The molecule has 0 radical (unpaired) electrons. The lowest BCUT2D eigenvalue weighted by atomic mass is 10.0. The van der Waals surface area contributed by atoms with Gasteiger partial charge in [-0.05, 0) is 58.1 Å². The molecular weight excluding hydrogens is 360 g/mol. The van der Waals surface area contributed by atoms with Crippen LogP contribution in [-0.4, -0.2) is 31.4 Å². The molecule has 0 spiro atoms. The first-order chi connectivity index (χ1) is 12.8. The van der Waals surface area contributed by atoms with Gasteiger partial charge in [-0.1, -0.05) is 41.4 Å². The molecule has 1 atom stereocenters. The highest BCUT2D eigenvalue weighted by molar-refractivity contribution is 6.32. The molecule has 2 aromatic carbocycles. The Bertz CT molecular complexity index is 974. The number of hydrogen-bond acceptors (Lipinski definition) is 3. The molecule has 142 valence electrons. The van der Waals surface area contributed by atoms with Gasteiger partial charge in [0.15, 0.2) is 5.76 Å². The maximum Gasteiger partial charge on any atom is 0.287 e. The summed E-state index contributed by atoms with van der Waals surface area (Å²) in [6, 6.07) is 12.2. The van der Waals surface area contributed by atoms with Crippen LogP contribution in [0.15, 0.2) is 40.8 Å². The van der Waals surface area contributed by atoms with Crippen LogP contribution in [0.2, 0.25) is 5.02 Å². The van der Waals surface area contributed by atoms with E-state index < -0.39 is 0 Å². The van der Waals surface area contributed by atoms with Crippen LogP contribution in [0.5, 0.6) is 0 Å². The Kier molecular flexibility index (Phi) is 5.59. The molecule has 5 heteroatoms. The third-order valence-electron chi connectivity index (χ3n) is 4.97.